The number of benzene rings is 2. The fourth-order valence-electron chi connectivity index (χ4n) is 2.98. The van der Waals surface area contributed by atoms with Gasteiger partial charge in [-0.2, -0.15) is 28.8 Å². The summed E-state index contributed by atoms with van der Waals surface area (Å²) in [7, 11) is -10.7. The number of halogens is 6. The largest absolute Gasteiger partial charge is 1.00 e. The summed E-state index contributed by atoms with van der Waals surface area (Å²) in [5, 5.41) is 10.1. The molecule has 33 heavy (non-hydrogen) atoms. The molecule has 2 aromatic carbocycles. The number of hydrogen-bond acceptors (Lipinski definition) is 4. The fraction of sp³-hybridized carbons (Fsp3) is 0.476. The Morgan fingerprint density at radius 2 is 1.36 bits per heavy atom. The molecule has 1 fully saturated rings. The normalized spacial score (nSPS) is 17.4. The molecule has 1 aliphatic heterocycles. The van der Waals surface area contributed by atoms with Gasteiger partial charge in [0.05, 0.1) is 6.07 Å². The first kappa shape index (κ1) is 32.4. The van der Waals surface area contributed by atoms with Gasteiger partial charge in [0.25, 0.3) is 0 Å². The summed E-state index contributed by atoms with van der Waals surface area (Å²) in [6, 6.07) is 17.2. The van der Waals surface area contributed by atoms with Gasteiger partial charge in [-0.15, -0.1) is 0 Å². The molecule has 0 N–H and O–H groups in total. The van der Waals surface area contributed by atoms with E-state index < -0.39 is 7.81 Å². The quantitative estimate of drug-likeness (QED) is 0.207. The Bertz CT molecular complexity index is 852. The molecule has 0 unspecified atom stereocenters. The van der Waals surface area contributed by atoms with Crippen molar-refractivity contribution in [3.63, 3.8) is 0 Å². The van der Waals surface area contributed by atoms with E-state index in [-0.39, 0.29) is 17.1 Å². The third kappa shape index (κ3) is 19.4. The fourth-order valence-corrected chi connectivity index (χ4v) is 5.04. The van der Waals surface area contributed by atoms with Gasteiger partial charge >= 0.3 is 50.1 Å². The maximum Gasteiger partial charge on any atom is 1.00 e. The van der Waals surface area contributed by atoms with E-state index in [9.17, 15) is 25.2 Å². The summed E-state index contributed by atoms with van der Waals surface area (Å²) in [5.74, 6) is 5.26. The van der Waals surface area contributed by atoms with Crippen molar-refractivity contribution in [3.8, 4) is 6.07 Å². The molecule has 12 heteroatoms. The number of nitriles is 1. The zero-order valence-corrected chi connectivity index (χ0v) is 21.6. The molecular formula is C21H28CuF6N2PS2. The Kier molecular flexibility index (Phi) is 13.8. The van der Waals surface area contributed by atoms with Crippen LogP contribution in [-0.2, 0) is 23.5 Å². The molecule has 0 radical (unpaired) electrons. The van der Waals surface area contributed by atoms with E-state index in [0.29, 0.717) is 0 Å². The molecule has 0 aliphatic carbocycles. The maximum absolute atomic E-state index is 10.7. The third-order valence-corrected chi connectivity index (χ3v) is 6.36. The van der Waals surface area contributed by atoms with Crippen LogP contribution in [0.1, 0.15) is 18.9 Å². The molecule has 0 bridgehead atoms. The average molecular weight is 581 g/mol. The predicted octanol–water partition coefficient (Wildman–Crippen LogP) is 8.46. The SMILES string of the molecule is CC#N.F[P-](F)(F)(F)(F)F.[Cu+].c1ccc2c(CCN3CCSCCCSCC3)cccc2c1. The Morgan fingerprint density at radius 3 is 1.91 bits per heavy atom. The molecule has 3 rings (SSSR count). The van der Waals surface area contributed by atoms with Crippen LogP contribution in [0.5, 0.6) is 0 Å². The van der Waals surface area contributed by atoms with Crippen LogP contribution in [-0.4, -0.2) is 47.5 Å². The van der Waals surface area contributed by atoms with Gasteiger partial charge in [-0.1, -0.05) is 42.5 Å². The topological polar surface area (TPSA) is 27.0 Å². The standard InChI is InChI=1S/C19H25NS2.C2H3N.Cu.F6P/c1-2-8-19-17(5-1)6-3-7-18(19)9-10-20-11-15-21-13-4-14-22-16-12-20;1-2-3;;1-7(2,3,4,5)6/h1-3,5-8H,4,9-16H2;1H3;;/q;;+1;-1. The third-order valence-electron chi connectivity index (χ3n) is 4.26. The molecule has 0 saturated carbocycles. The molecular weight excluding hydrogens is 553 g/mol. The van der Waals surface area contributed by atoms with E-state index in [1.165, 1.54) is 72.3 Å². The summed E-state index contributed by atoms with van der Waals surface area (Å²) in [6.07, 6.45) is 2.54. The number of nitrogens with zero attached hydrogens (tertiary/aromatic N) is 2. The van der Waals surface area contributed by atoms with Crippen LogP contribution in [0.25, 0.3) is 10.8 Å². The van der Waals surface area contributed by atoms with E-state index in [0.717, 1.165) is 6.42 Å². The summed E-state index contributed by atoms with van der Waals surface area (Å²) >= 11 is 4.25. The van der Waals surface area contributed by atoms with Gasteiger partial charge in [0.1, 0.15) is 0 Å². The molecule has 0 aromatic heterocycles. The van der Waals surface area contributed by atoms with Gasteiger partial charge in [0.2, 0.25) is 0 Å². The van der Waals surface area contributed by atoms with E-state index in [2.05, 4.69) is 70.9 Å². The van der Waals surface area contributed by atoms with Crippen molar-refractivity contribution in [2.45, 2.75) is 19.8 Å². The molecule has 2 nitrogen and oxygen atoms in total. The van der Waals surface area contributed by atoms with Crippen molar-refractivity contribution in [2.75, 3.05) is 42.6 Å². The number of fused-ring (bicyclic) bond motifs is 1. The van der Waals surface area contributed by atoms with Gasteiger partial charge in [-0.25, -0.2) is 0 Å². The average Bonchev–Trinajstić information content (AvgIpc) is 2.69. The van der Waals surface area contributed by atoms with Gasteiger partial charge in [-0.3, -0.25) is 0 Å². The summed E-state index contributed by atoms with van der Waals surface area (Å²) in [5.41, 5.74) is 1.50. The minimum Gasteiger partial charge on any atom is -0.301 e. The molecule has 0 amide bonds. The van der Waals surface area contributed by atoms with E-state index in [4.69, 9.17) is 5.26 Å². The zero-order valence-electron chi connectivity index (χ0n) is 18.1. The van der Waals surface area contributed by atoms with Crippen molar-refractivity contribution in [1.29, 1.82) is 5.26 Å². The first-order valence-corrected chi connectivity index (χ1v) is 14.4. The van der Waals surface area contributed by atoms with Crippen LogP contribution >= 0.6 is 31.3 Å². The van der Waals surface area contributed by atoms with E-state index in [1.54, 1.807) is 6.07 Å². The van der Waals surface area contributed by atoms with Crippen LogP contribution in [0.4, 0.5) is 25.2 Å². The Morgan fingerprint density at radius 1 is 0.879 bits per heavy atom. The molecule has 1 heterocycles. The summed E-state index contributed by atoms with van der Waals surface area (Å²) in [4.78, 5) is 2.66. The van der Waals surface area contributed by atoms with Gasteiger partial charge in [0, 0.05) is 38.1 Å². The van der Waals surface area contributed by atoms with Crippen molar-refractivity contribution >= 4 is 42.1 Å². The zero-order chi connectivity index (χ0) is 24.2. The predicted molar refractivity (Wildman–Crippen MR) is 128 cm³/mol. The van der Waals surface area contributed by atoms with Crippen LogP contribution in [0, 0.1) is 11.3 Å². The molecule has 1 saturated heterocycles. The van der Waals surface area contributed by atoms with Crippen LogP contribution in [0.3, 0.4) is 0 Å². The Balaban J connectivity index is 0.000000793. The van der Waals surface area contributed by atoms with Crippen molar-refractivity contribution in [3.05, 3.63) is 48.0 Å². The minimum absolute atomic E-state index is 0. The van der Waals surface area contributed by atoms with Crippen molar-refractivity contribution < 1.29 is 42.3 Å². The van der Waals surface area contributed by atoms with Crippen molar-refractivity contribution in [1.82, 2.24) is 4.90 Å². The van der Waals surface area contributed by atoms with Crippen LogP contribution in [0.15, 0.2) is 42.5 Å². The molecule has 0 spiro atoms. The summed E-state index contributed by atoms with van der Waals surface area (Å²) < 4.78 is 59.2. The minimum atomic E-state index is -10.7. The molecule has 0 atom stereocenters. The second-order valence-electron chi connectivity index (χ2n) is 6.99. The second kappa shape index (κ2) is 14.1. The van der Waals surface area contributed by atoms with E-state index >= 15 is 0 Å². The number of thioether (sulfide) groups is 2. The molecule has 2 aromatic rings. The number of hydrogen-bond donors (Lipinski definition) is 0. The second-order valence-corrected chi connectivity index (χ2v) is 11.4. The van der Waals surface area contributed by atoms with E-state index in [1.807, 2.05) is 0 Å². The van der Waals surface area contributed by atoms with Crippen molar-refractivity contribution in [2.24, 2.45) is 0 Å². The first-order chi connectivity index (χ1) is 14.8. The maximum atomic E-state index is 9.87. The van der Waals surface area contributed by atoms with Gasteiger partial charge in [0.15, 0.2) is 0 Å². The first-order valence-electron chi connectivity index (χ1n) is 10.0. The Hall–Kier alpha value is -0.621. The Labute approximate surface area is 210 Å². The van der Waals surface area contributed by atoms with Crippen LogP contribution in [0.2, 0.25) is 0 Å². The smallest absolute Gasteiger partial charge is 0.301 e. The van der Waals surface area contributed by atoms with Crippen LogP contribution < -0.4 is 0 Å². The molecule has 1 aliphatic rings. The monoisotopic (exact) mass is 580 g/mol. The molecule has 192 valence electrons. The van der Waals surface area contributed by atoms with Gasteiger partial charge < -0.3 is 4.90 Å². The summed E-state index contributed by atoms with van der Waals surface area (Å²) in [6.45, 7) is 5.11. The number of rotatable bonds is 3. The van der Waals surface area contributed by atoms with Gasteiger partial charge in [-0.05, 0) is 40.7 Å².